The maximum Gasteiger partial charge on any atom is 0.209 e. The minimum atomic E-state index is -3.42. The van der Waals surface area contributed by atoms with Crippen molar-refractivity contribution < 1.29 is 12.8 Å². The molecule has 4 aromatic heterocycles. The highest BCUT2D eigenvalue weighted by atomic mass is 32.2. The molecule has 192 valence electrons. The first kappa shape index (κ1) is 24.1. The molecule has 0 aliphatic carbocycles. The standard InChI is InChI=1S/C27H24FN7O2S/c1-35-15-19(14-32-35)18-10-21-23(31-13-18)3-5-30-27(21)25-11-22-24(34-25)4-6-29-26(22)17-7-16(8-20(28)9-17)12-33-38(2,36)37/h4,6-11,13-15,33-34H,3,5,12H2,1-2H3. The van der Waals surface area contributed by atoms with Crippen LogP contribution in [0.1, 0.15) is 22.5 Å². The van der Waals surface area contributed by atoms with Crippen LogP contribution in [0.15, 0.2) is 66.2 Å². The summed E-state index contributed by atoms with van der Waals surface area (Å²) < 4.78 is 41.7. The number of aromatic nitrogens is 5. The van der Waals surface area contributed by atoms with Crippen LogP contribution in [-0.2, 0) is 30.0 Å². The van der Waals surface area contributed by atoms with E-state index in [9.17, 15) is 12.8 Å². The van der Waals surface area contributed by atoms with Crippen LogP contribution in [0, 0.1) is 5.82 Å². The molecular formula is C27H24FN7O2S. The van der Waals surface area contributed by atoms with Gasteiger partial charge in [0.2, 0.25) is 10.0 Å². The Bertz CT molecular complexity index is 1840. The van der Waals surface area contributed by atoms with Gasteiger partial charge < -0.3 is 4.98 Å². The molecule has 5 heterocycles. The van der Waals surface area contributed by atoms with Gasteiger partial charge >= 0.3 is 0 Å². The number of aliphatic imine (C=N–C) groups is 1. The number of aromatic amines is 1. The van der Waals surface area contributed by atoms with Gasteiger partial charge in [0.05, 0.1) is 35.2 Å². The summed E-state index contributed by atoms with van der Waals surface area (Å²) in [7, 11) is -1.54. The summed E-state index contributed by atoms with van der Waals surface area (Å²) in [4.78, 5) is 17.5. The van der Waals surface area contributed by atoms with Crippen molar-refractivity contribution in [3.05, 3.63) is 89.5 Å². The Morgan fingerprint density at radius 1 is 1.08 bits per heavy atom. The van der Waals surface area contributed by atoms with Crippen molar-refractivity contribution in [1.29, 1.82) is 0 Å². The molecule has 0 radical (unpaired) electrons. The summed E-state index contributed by atoms with van der Waals surface area (Å²) in [6.07, 6.45) is 9.11. The van der Waals surface area contributed by atoms with Crippen LogP contribution in [0.25, 0.3) is 33.3 Å². The summed E-state index contributed by atoms with van der Waals surface area (Å²) in [5.41, 5.74) is 7.96. The lowest BCUT2D eigenvalue weighted by Gasteiger charge is -2.16. The van der Waals surface area contributed by atoms with Crippen LogP contribution in [0.4, 0.5) is 4.39 Å². The van der Waals surface area contributed by atoms with Gasteiger partial charge in [-0.25, -0.2) is 17.5 Å². The van der Waals surface area contributed by atoms with Crippen LogP contribution in [0.3, 0.4) is 0 Å². The first-order valence-electron chi connectivity index (χ1n) is 12.0. The van der Waals surface area contributed by atoms with E-state index in [1.165, 1.54) is 12.1 Å². The molecule has 6 rings (SSSR count). The minimum absolute atomic E-state index is 0.0161. The molecule has 2 N–H and O–H groups in total. The van der Waals surface area contributed by atoms with Crippen LogP contribution >= 0.6 is 0 Å². The Morgan fingerprint density at radius 2 is 1.95 bits per heavy atom. The predicted molar refractivity (Wildman–Crippen MR) is 144 cm³/mol. The van der Waals surface area contributed by atoms with E-state index in [1.54, 1.807) is 16.9 Å². The van der Waals surface area contributed by atoms with Crippen molar-refractivity contribution in [3.8, 4) is 22.4 Å². The Labute approximate surface area is 218 Å². The van der Waals surface area contributed by atoms with Gasteiger partial charge in [-0.1, -0.05) is 0 Å². The molecule has 0 atom stereocenters. The summed E-state index contributed by atoms with van der Waals surface area (Å²) in [6, 6.07) is 10.4. The number of halogens is 1. The molecule has 1 aromatic carbocycles. The van der Waals surface area contributed by atoms with Crippen LogP contribution < -0.4 is 4.72 Å². The number of H-pyrrole nitrogens is 1. The fourth-order valence-electron chi connectivity index (χ4n) is 4.73. The van der Waals surface area contributed by atoms with Gasteiger partial charge in [-0.15, -0.1) is 0 Å². The number of nitrogens with one attached hydrogen (secondary N) is 2. The third-order valence-corrected chi connectivity index (χ3v) is 7.12. The van der Waals surface area contributed by atoms with E-state index in [0.29, 0.717) is 23.4 Å². The molecule has 0 amide bonds. The second-order valence-electron chi connectivity index (χ2n) is 9.35. The molecule has 0 unspecified atom stereocenters. The quantitative estimate of drug-likeness (QED) is 0.349. The van der Waals surface area contributed by atoms with Crippen molar-refractivity contribution in [2.75, 3.05) is 12.8 Å². The monoisotopic (exact) mass is 529 g/mol. The number of benzene rings is 1. The number of sulfonamides is 1. The number of nitrogens with zero attached hydrogens (tertiary/aromatic N) is 5. The Morgan fingerprint density at radius 3 is 2.74 bits per heavy atom. The molecule has 5 aromatic rings. The van der Waals surface area contributed by atoms with Gasteiger partial charge in [-0.05, 0) is 42.0 Å². The molecule has 0 saturated carbocycles. The molecular weight excluding hydrogens is 505 g/mol. The number of fused-ring (bicyclic) bond motifs is 2. The van der Waals surface area contributed by atoms with Crippen molar-refractivity contribution in [1.82, 2.24) is 29.5 Å². The lowest BCUT2D eigenvalue weighted by Crippen LogP contribution is -2.21. The second-order valence-corrected chi connectivity index (χ2v) is 11.2. The first-order valence-corrected chi connectivity index (χ1v) is 13.9. The van der Waals surface area contributed by atoms with Gasteiger partial charge in [0.25, 0.3) is 0 Å². The smallest absolute Gasteiger partial charge is 0.209 e. The van der Waals surface area contributed by atoms with Gasteiger partial charge in [0, 0.05) is 78.3 Å². The minimum Gasteiger partial charge on any atom is -0.353 e. The molecule has 0 saturated heterocycles. The average molecular weight is 530 g/mol. The topological polar surface area (TPSA) is 118 Å². The number of hydrogen-bond donors (Lipinski definition) is 2. The van der Waals surface area contributed by atoms with E-state index in [0.717, 1.165) is 57.4 Å². The molecule has 11 heteroatoms. The van der Waals surface area contributed by atoms with E-state index in [-0.39, 0.29) is 6.54 Å². The largest absolute Gasteiger partial charge is 0.353 e. The average Bonchev–Trinajstić information content (AvgIpc) is 3.52. The highest BCUT2D eigenvalue weighted by Crippen LogP contribution is 2.31. The second kappa shape index (κ2) is 9.26. The summed E-state index contributed by atoms with van der Waals surface area (Å²) in [6.45, 7) is 0.612. The lowest BCUT2D eigenvalue weighted by molar-refractivity contribution is 0.586. The van der Waals surface area contributed by atoms with Crippen LogP contribution in [-0.4, -0.2) is 51.7 Å². The van der Waals surface area contributed by atoms with E-state index in [4.69, 9.17) is 9.98 Å². The zero-order chi connectivity index (χ0) is 26.4. The van der Waals surface area contributed by atoms with Gasteiger partial charge in [0.1, 0.15) is 5.82 Å². The first-order chi connectivity index (χ1) is 18.2. The maximum absolute atomic E-state index is 14.5. The number of aryl methyl sites for hydroxylation is 1. The van der Waals surface area contributed by atoms with Gasteiger partial charge in [0.15, 0.2) is 0 Å². The number of hydrogen-bond acceptors (Lipinski definition) is 6. The maximum atomic E-state index is 14.5. The summed E-state index contributed by atoms with van der Waals surface area (Å²) >= 11 is 0. The van der Waals surface area contributed by atoms with E-state index in [2.05, 4.69) is 25.9 Å². The summed E-state index contributed by atoms with van der Waals surface area (Å²) in [5.74, 6) is -0.470. The fraction of sp³-hybridized carbons (Fsp3) is 0.185. The Balaban J connectivity index is 1.41. The van der Waals surface area contributed by atoms with E-state index >= 15 is 0 Å². The fourth-order valence-corrected chi connectivity index (χ4v) is 5.16. The molecule has 1 aliphatic rings. The third-order valence-electron chi connectivity index (χ3n) is 6.45. The molecule has 9 nitrogen and oxygen atoms in total. The van der Waals surface area contributed by atoms with Crippen molar-refractivity contribution in [2.45, 2.75) is 13.0 Å². The summed E-state index contributed by atoms with van der Waals surface area (Å²) in [5, 5.41) is 5.08. The highest BCUT2D eigenvalue weighted by molar-refractivity contribution is 7.88. The number of pyridine rings is 2. The highest BCUT2D eigenvalue weighted by Gasteiger charge is 2.21. The van der Waals surface area contributed by atoms with Gasteiger partial charge in [-0.2, -0.15) is 5.10 Å². The normalized spacial score (nSPS) is 13.5. The Kier molecular flexibility index (Phi) is 5.88. The lowest BCUT2D eigenvalue weighted by atomic mass is 9.97. The van der Waals surface area contributed by atoms with Crippen LogP contribution in [0.2, 0.25) is 0 Å². The SMILES string of the molecule is Cn1cc(-c2cnc3c(c2)C(c2cc4c(-c5cc(F)cc(CNS(C)(=O)=O)c5)nccc4[nH]2)=NCC3)cn1. The molecule has 0 fully saturated rings. The number of rotatable bonds is 6. The Hall–Kier alpha value is -4.22. The van der Waals surface area contributed by atoms with Crippen molar-refractivity contribution in [2.24, 2.45) is 12.0 Å². The molecule has 38 heavy (non-hydrogen) atoms. The molecule has 0 spiro atoms. The third kappa shape index (κ3) is 4.73. The predicted octanol–water partition coefficient (Wildman–Crippen LogP) is 3.61. The zero-order valence-corrected chi connectivity index (χ0v) is 21.6. The van der Waals surface area contributed by atoms with E-state index < -0.39 is 15.8 Å². The van der Waals surface area contributed by atoms with E-state index in [1.807, 2.05) is 37.8 Å². The van der Waals surface area contributed by atoms with Crippen molar-refractivity contribution in [3.63, 3.8) is 0 Å². The zero-order valence-electron chi connectivity index (χ0n) is 20.7. The van der Waals surface area contributed by atoms with Crippen LogP contribution in [0.5, 0.6) is 0 Å². The van der Waals surface area contributed by atoms with Gasteiger partial charge in [-0.3, -0.25) is 19.6 Å². The molecule has 1 aliphatic heterocycles. The molecule has 0 bridgehead atoms. The van der Waals surface area contributed by atoms with Crippen molar-refractivity contribution >= 4 is 26.6 Å².